The first-order valence-electron chi connectivity index (χ1n) is 10.1. The summed E-state index contributed by atoms with van der Waals surface area (Å²) in [5, 5.41) is 14.2. The predicted octanol–water partition coefficient (Wildman–Crippen LogP) is 4.34. The summed E-state index contributed by atoms with van der Waals surface area (Å²) in [5.41, 5.74) is 3.80. The lowest BCUT2D eigenvalue weighted by Gasteiger charge is -2.11. The normalized spacial score (nSPS) is 10.4. The minimum atomic E-state index is -0.270. The number of nitriles is 1. The zero-order chi connectivity index (χ0) is 22.8. The van der Waals surface area contributed by atoms with Gasteiger partial charge in [0.2, 0.25) is 5.91 Å². The summed E-state index contributed by atoms with van der Waals surface area (Å²) in [5.74, 6) is 0.261. The van der Waals surface area contributed by atoms with Gasteiger partial charge in [-0.1, -0.05) is 42.5 Å². The maximum atomic E-state index is 12.4. The molecule has 6 nitrogen and oxygen atoms in total. The van der Waals surface area contributed by atoms with Crippen LogP contribution in [0.5, 0.6) is 5.75 Å². The van der Waals surface area contributed by atoms with Crippen molar-refractivity contribution < 1.29 is 14.3 Å². The smallest absolute Gasteiger partial charge is 0.251 e. The molecule has 0 aliphatic rings. The van der Waals surface area contributed by atoms with Crippen molar-refractivity contribution in [3.63, 3.8) is 0 Å². The molecule has 0 aliphatic heterocycles. The number of hydrogen-bond donors (Lipinski definition) is 2. The Bertz CT molecular complexity index is 1140. The van der Waals surface area contributed by atoms with E-state index in [0.29, 0.717) is 30.0 Å². The number of hydrogen-bond acceptors (Lipinski definition) is 4. The molecule has 0 aliphatic carbocycles. The van der Waals surface area contributed by atoms with E-state index in [-0.39, 0.29) is 11.8 Å². The highest BCUT2D eigenvalue weighted by atomic mass is 16.5. The Balaban J connectivity index is 1.60. The van der Waals surface area contributed by atoms with Gasteiger partial charge in [0, 0.05) is 29.9 Å². The Labute approximate surface area is 187 Å². The van der Waals surface area contributed by atoms with E-state index in [1.807, 2.05) is 48.5 Å². The van der Waals surface area contributed by atoms with Crippen LogP contribution in [0, 0.1) is 11.3 Å². The summed E-state index contributed by atoms with van der Waals surface area (Å²) < 4.78 is 5.83. The third kappa shape index (κ3) is 6.31. The average molecular weight is 425 g/mol. The Morgan fingerprint density at radius 1 is 1.00 bits per heavy atom. The van der Waals surface area contributed by atoms with Crippen LogP contribution in [-0.2, 0) is 17.8 Å². The van der Waals surface area contributed by atoms with Crippen LogP contribution in [0.25, 0.3) is 6.08 Å². The van der Waals surface area contributed by atoms with Crippen LogP contribution < -0.4 is 15.4 Å². The summed E-state index contributed by atoms with van der Waals surface area (Å²) in [4.78, 5) is 24.0. The van der Waals surface area contributed by atoms with Gasteiger partial charge in [-0.15, -0.1) is 0 Å². The lowest BCUT2D eigenvalue weighted by Crippen LogP contribution is -2.17. The lowest BCUT2D eigenvalue weighted by molar-refractivity contribution is -0.111. The molecule has 3 aromatic carbocycles. The zero-order valence-corrected chi connectivity index (χ0v) is 17.7. The van der Waals surface area contributed by atoms with Gasteiger partial charge < -0.3 is 15.4 Å². The van der Waals surface area contributed by atoms with Crippen molar-refractivity contribution in [2.45, 2.75) is 13.0 Å². The fourth-order valence-corrected chi connectivity index (χ4v) is 2.96. The van der Waals surface area contributed by atoms with Gasteiger partial charge >= 0.3 is 0 Å². The highest BCUT2D eigenvalue weighted by molar-refractivity contribution is 6.02. The number of benzene rings is 3. The number of anilines is 1. The van der Waals surface area contributed by atoms with E-state index in [1.54, 1.807) is 37.4 Å². The van der Waals surface area contributed by atoms with Crippen molar-refractivity contribution >= 4 is 23.6 Å². The fraction of sp³-hybridized carbons (Fsp3) is 0.115. The average Bonchev–Trinajstić information content (AvgIpc) is 2.83. The third-order valence-electron chi connectivity index (χ3n) is 4.70. The van der Waals surface area contributed by atoms with E-state index in [9.17, 15) is 9.59 Å². The van der Waals surface area contributed by atoms with Crippen LogP contribution >= 0.6 is 0 Å². The molecule has 0 bridgehead atoms. The van der Waals surface area contributed by atoms with Gasteiger partial charge in [-0.25, -0.2) is 0 Å². The molecule has 3 aromatic rings. The predicted molar refractivity (Wildman–Crippen MR) is 124 cm³/mol. The van der Waals surface area contributed by atoms with Crippen molar-refractivity contribution in [2.75, 3.05) is 12.4 Å². The molecule has 0 unspecified atom stereocenters. The largest absolute Gasteiger partial charge is 0.489 e. The van der Waals surface area contributed by atoms with Crippen LogP contribution in [0.15, 0.2) is 78.9 Å². The van der Waals surface area contributed by atoms with Gasteiger partial charge in [0.15, 0.2) is 0 Å². The number of carbonyl (C=O) groups excluding carboxylic acids is 2. The molecule has 0 heterocycles. The van der Waals surface area contributed by atoms with E-state index < -0.39 is 0 Å². The van der Waals surface area contributed by atoms with Crippen LogP contribution in [-0.4, -0.2) is 18.9 Å². The van der Waals surface area contributed by atoms with Crippen molar-refractivity contribution in [3.8, 4) is 11.8 Å². The number of ether oxygens (including phenoxy) is 1. The number of para-hydroxylation sites is 1. The van der Waals surface area contributed by atoms with Crippen molar-refractivity contribution in [1.29, 1.82) is 5.26 Å². The highest BCUT2D eigenvalue weighted by Crippen LogP contribution is 2.19. The summed E-state index contributed by atoms with van der Waals surface area (Å²) in [6.45, 7) is 0.290. The molecule has 0 aromatic heterocycles. The number of nitrogens with one attached hydrogen (secondary N) is 2. The van der Waals surface area contributed by atoms with E-state index in [2.05, 4.69) is 16.7 Å². The van der Waals surface area contributed by atoms with Gasteiger partial charge in [-0.2, -0.15) is 5.26 Å². The van der Waals surface area contributed by atoms with Gasteiger partial charge in [0.25, 0.3) is 5.91 Å². The SMILES string of the molecule is CNC(=O)c1ccc(C=CC(=O)Nc2ccccc2COc2ccc(CC#N)cc2)cc1. The monoisotopic (exact) mass is 425 g/mol. The molecular formula is C26H23N3O3. The molecule has 0 saturated carbocycles. The van der Waals surface area contributed by atoms with Crippen LogP contribution in [0.3, 0.4) is 0 Å². The second kappa shape index (κ2) is 11.1. The molecule has 6 heteroatoms. The Morgan fingerprint density at radius 3 is 2.41 bits per heavy atom. The summed E-state index contributed by atoms with van der Waals surface area (Å²) >= 11 is 0. The lowest BCUT2D eigenvalue weighted by atomic mass is 10.1. The standard InChI is InChI=1S/C26H23N3O3/c1-28-26(31)21-11-6-19(7-12-21)10-15-25(30)29-24-5-3-2-4-22(24)18-32-23-13-8-20(9-14-23)16-17-27/h2-15H,16,18H2,1H3,(H,28,31)(H,29,30). The maximum Gasteiger partial charge on any atom is 0.251 e. The van der Waals surface area contributed by atoms with Crippen LogP contribution in [0.2, 0.25) is 0 Å². The fourth-order valence-electron chi connectivity index (χ4n) is 2.96. The Hall–Kier alpha value is -4.37. The third-order valence-corrected chi connectivity index (χ3v) is 4.70. The van der Waals surface area contributed by atoms with Gasteiger partial charge in [-0.3, -0.25) is 9.59 Å². The van der Waals surface area contributed by atoms with Crippen molar-refractivity contribution in [2.24, 2.45) is 0 Å². The first-order chi connectivity index (χ1) is 15.6. The minimum Gasteiger partial charge on any atom is -0.489 e. The molecule has 0 saturated heterocycles. The molecule has 2 N–H and O–H groups in total. The molecule has 32 heavy (non-hydrogen) atoms. The number of amides is 2. The molecular weight excluding hydrogens is 402 g/mol. The number of rotatable bonds is 8. The van der Waals surface area contributed by atoms with Crippen molar-refractivity contribution in [1.82, 2.24) is 5.32 Å². The molecule has 160 valence electrons. The molecule has 0 fully saturated rings. The van der Waals surface area contributed by atoms with E-state index in [0.717, 1.165) is 16.7 Å². The second-order valence-corrected chi connectivity index (χ2v) is 6.95. The number of nitrogens with zero attached hydrogens (tertiary/aromatic N) is 1. The first-order valence-corrected chi connectivity index (χ1v) is 10.1. The second-order valence-electron chi connectivity index (χ2n) is 6.95. The summed E-state index contributed by atoms with van der Waals surface area (Å²) in [6.07, 6.45) is 3.49. The van der Waals surface area contributed by atoms with Gasteiger partial charge in [0.05, 0.1) is 12.5 Å². The molecule has 2 amide bonds. The summed E-state index contributed by atoms with van der Waals surface area (Å²) in [6, 6.07) is 23.9. The van der Waals surface area contributed by atoms with Crippen LogP contribution in [0.1, 0.15) is 27.0 Å². The molecule has 3 rings (SSSR count). The quantitative estimate of drug-likeness (QED) is 0.525. The number of carbonyl (C=O) groups is 2. The first kappa shape index (κ1) is 22.3. The molecule has 0 spiro atoms. The van der Waals surface area contributed by atoms with E-state index in [4.69, 9.17) is 10.00 Å². The molecule has 0 radical (unpaired) electrons. The summed E-state index contributed by atoms with van der Waals surface area (Å²) in [7, 11) is 1.58. The Kier molecular flexibility index (Phi) is 7.77. The van der Waals surface area contributed by atoms with E-state index >= 15 is 0 Å². The maximum absolute atomic E-state index is 12.4. The highest BCUT2D eigenvalue weighted by Gasteiger charge is 2.06. The zero-order valence-electron chi connectivity index (χ0n) is 17.7. The molecule has 0 atom stereocenters. The van der Waals surface area contributed by atoms with Gasteiger partial charge in [0.1, 0.15) is 12.4 Å². The van der Waals surface area contributed by atoms with Crippen LogP contribution in [0.4, 0.5) is 5.69 Å². The van der Waals surface area contributed by atoms with E-state index in [1.165, 1.54) is 6.08 Å². The van der Waals surface area contributed by atoms with Crippen molar-refractivity contribution in [3.05, 3.63) is 101 Å². The topological polar surface area (TPSA) is 91.2 Å². The Morgan fingerprint density at radius 2 is 1.72 bits per heavy atom. The minimum absolute atomic E-state index is 0.157. The van der Waals surface area contributed by atoms with Gasteiger partial charge in [-0.05, 0) is 47.5 Å².